The van der Waals surface area contributed by atoms with Crippen molar-refractivity contribution in [2.24, 2.45) is 11.8 Å². The van der Waals surface area contributed by atoms with E-state index in [0.29, 0.717) is 22.6 Å². The lowest BCUT2D eigenvalue weighted by Crippen LogP contribution is -3.11. The number of aromatic hydroxyl groups is 1. The van der Waals surface area contributed by atoms with Gasteiger partial charge in [0.2, 0.25) is 5.91 Å². The number of nitrogens with one attached hydrogen (secondary N) is 1. The van der Waals surface area contributed by atoms with Crippen LogP contribution in [0.2, 0.25) is 5.02 Å². The van der Waals surface area contributed by atoms with E-state index in [0.717, 1.165) is 57.5 Å². The number of carbonyl (C=O) groups excluding carboxylic acids is 1. The first-order valence-electron chi connectivity index (χ1n) is 9.12. The second-order valence-electron chi connectivity index (χ2n) is 7.51. The van der Waals surface area contributed by atoms with Crippen molar-refractivity contribution in [1.29, 1.82) is 0 Å². The summed E-state index contributed by atoms with van der Waals surface area (Å²) in [6.45, 7) is 6.84. The van der Waals surface area contributed by atoms with Crippen LogP contribution >= 0.6 is 11.6 Å². The van der Waals surface area contributed by atoms with Crippen molar-refractivity contribution in [2.45, 2.75) is 39.2 Å². The Labute approximate surface area is 149 Å². The number of benzene rings is 1. The van der Waals surface area contributed by atoms with Gasteiger partial charge in [-0.25, -0.2) is 0 Å². The van der Waals surface area contributed by atoms with Crippen molar-refractivity contribution in [3.8, 4) is 5.75 Å². The summed E-state index contributed by atoms with van der Waals surface area (Å²) in [5.74, 6) is 1.50. The molecule has 0 unspecified atom stereocenters. The molecule has 5 heteroatoms. The second-order valence-corrected chi connectivity index (χ2v) is 7.94. The minimum Gasteiger partial charge on any atom is -0.507 e. The number of likely N-dealkylation sites (tertiary alicyclic amines) is 2. The predicted molar refractivity (Wildman–Crippen MR) is 95.2 cm³/mol. The van der Waals surface area contributed by atoms with E-state index in [9.17, 15) is 9.90 Å². The summed E-state index contributed by atoms with van der Waals surface area (Å²) in [7, 11) is 0. The van der Waals surface area contributed by atoms with Gasteiger partial charge in [-0.05, 0) is 37.0 Å². The third kappa shape index (κ3) is 4.22. The molecule has 0 aromatic heterocycles. The molecule has 4 nitrogen and oxygen atoms in total. The zero-order chi connectivity index (χ0) is 17.1. The quantitative estimate of drug-likeness (QED) is 0.876. The molecule has 2 aliphatic heterocycles. The van der Waals surface area contributed by atoms with E-state index in [1.807, 2.05) is 6.07 Å². The molecule has 3 rings (SSSR count). The first kappa shape index (κ1) is 17.6. The Kier molecular flexibility index (Phi) is 5.67. The zero-order valence-corrected chi connectivity index (χ0v) is 15.2. The summed E-state index contributed by atoms with van der Waals surface area (Å²) in [5.41, 5.74) is 0.895. The topological polar surface area (TPSA) is 45.0 Å². The smallest absolute Gasteiger partial charge is 0.226 e. The van der Waals surface area contributed by atoms with Gasteiger partial charge in [-0.2, -0.15) is 0 Å². The lowest BCUT2D eigenvalue weighted by Gasteiger charge is -2.36. The summed E-state index contributed by atoms with van der Waals surface area (Å²) in [6.07, 6.45) is 4.28. The Morgan fingerprint density at radius 3 is 2.79 bits per heavy atom. The number of hydrogen-bond donors (Lipinski definition) is 2. The Hall–Kier alpha value is -1.26. The molecule has 2 N–H and O–H groups in total. The van der Waals surface area contributed by atoms with E-state index in [-0.39, 0.29) is 5.92 Å². The van der Waals surface area contributed by atoms with Gasteiger partial charge < -0.3 is 14.9 Å². The van der Waals surface area contributed by atoms with Crippen LogP contribution in [-0.2, 0) is 11.3 Å². The highest BCUT2D eigenvalue weighted by molar-refractivity contribution is 6.30. The molecule has 1 aromatic carbocycles. The molecule has 2 fully saturated rings. The number of rotatable bonds is 3. The SMILES string of the molecule is C[C@H]1CCCN(C(=O)C2CC[NH+](Cc3cc(Cl)ccc3O)CC2)C1. The number of hydrogen-bond acceptors (Lipinski definition) is 2. The van der Waals surface area contributed by atoms with Gasteiger partial charge in [0.15, 0.2) is 0 Å². The molecular weight excluding hydrogens is 324 g/mol. The lowest BCUT2D eigenvalue weighted by atomic mass is 9.92. The predicted octanol–water partition coefficient (Wildman–Crippen LogP) is 2.10. The van der Waals surface area contributed by atoms with Crippen LogP contribution in [0.4, 0.5) is 0 Å². The molecule has 1 aromatic rings. The average Bonchev–Trinajstić information content (AvgIpc) is 2.58. The molecular formula is C19H28ClN2O2+. The summed E-state index contributed by atoms with van der Waals surface area (Å²) < 4.78 is 0. The van der Waals surface area contributed by atoms with Gasteiger partial charge in [0, 0.05) is 42.4 Å². The summed E-state index contributed by atoms with van der Waals surface area (Å²) in [6, 6.07) is 5.21. The number of phenolic OH excluding ortho intramolecular Hbond substituents is 1. The highest BCUT2D eigenvalue weighted by Crippen LogP contribution is 2.22. The van der Waals surface area contributed by atoms with E-state index in [2.05, 4.69) is 11.8 Å². The molecule has 2 aliphatic rings. The van der Waals surface area contributed by atoms with Crippen molar-refractivity contribution < 1.29 is 14.8 Å². The molecule has 0 radical (unpaired) electrons. The molecule has 132 valence electrons. The third-order valence-corrected chi connectivity index (χ3v) is 5.73. The van der Waals surface area contributed by atoms with Gasteiger partial charge in [-0.1, -0.05) is 18.5 Å². The Bertz CT molecular complexity index is 585. The van der Waals surface area contributed by atoms with Crippen LogP contribution < -0.4 is 4.90 Å². The van der Waals surface area contributed by atoms with Crippen LogP contribution in [-0.4, -0.2) is 42.1 Å². The molecule has 1 atom stereocenters. The van der Waals surface area contributed by atoms with Crippen molar-refractivity contribution >= 4 is 17.5 Å². The molecule has 24 heavy (non-hydrogen) atoms. The summed E-state index contributed by atoms with van der Waals surface area (Å²) in [4.78, 5) is 16.2. The fourth-order valence-electron chi connectivity index (χ4n) is 4.06. The number of carbonyl (C=O) groups is 1. The molecule has 0 aliphatic carbocycles. The van der Waals surface area contributed by atoms with Crippen LogP contribution in [0.15, 0.2) is 18.2 Å². The van der Waals surface area contributed by atoms with Gasteiger partial charge >= 0.3 is 0 Å². The van der Waals surface area contributed by atoms with Crippen molar-refractivity contribution in [3.63, 3.8) is 0 Å². The molecule has 0 saturated carbocycles. The number of amides is 1. The molecule has 0 bridgehead atoms. The molecule has 0 spiro atoms. The first-order chi connectivity index (χ1) is 11.5. The number of nitrogens with zero attached hydrogens (tertiary/aromatic N) is 1. The van der Waals surface area contributed by atoms with E-state index in [1.165, 1.54) is 11.3 Å². The molecule has 2 saturated heterocycles. The van der Waals surface area contributed by atoms with Crippen molar-refractivity contribution in [2.75, 3.05) is 26.2 Å². The Morgan fingerprint density at radius 1 is 1.33 bits per heavy atom. The van der Waals surface area contributed by atoms with E-state index >= 15 is 0 Å². The van der Waals surface area contributed by atoms with Gasteiger partial charge in [-0.15, -0.1) is 0 Å². The van der Waals surface area contributed by atoms with Crippen LogP contribution in [0.25, 0.3) is 0 Å². The Morgan fingerprint density at radius 2 is 2.08 bits per heavy atom. The first-order valence-corrected chi connectivity index (χ1v) is 9.50. The second kappa shape index (κ2) is 7.75. The fourth-order valence-corrected chi connectivity index (χ4v) is 4.26. The number of piperidine rings is 2. The standard InChI is InChI=1S/C19H27ClN2O2/c1-14-3-2-8-22(12-14)19(24)15-6-9-21(10-7-15)13-16-11-17(20)4-5-18(16)23/h4-5,11,14-15,23H,2-3,6-10,12-13H2,1H3/p+1/t14-/m0/s1. The lowest BCUT2D eigenvalue weighted by molar-refractivity contribution is -0.919. The highest BCUT2D eigenvalue weighted by atomic mass is 35.5. The van der Waals surface area contributed by atoms with Crippen LogP contribution in [0, 0.1) is 11.8 Å². The molecule has 2 heterocycles. The molecule has 1 amide bonds. The van der Waals surface area contributed by atoms with Gasteiger partial charge in [0.25, 0.3) is 0 Å². The van der Waals surface area contributed by atoms with E-state index < -0.39 is 0 Å². The number of phenols is 1. The van der Waals surface area contributed by atoms with Crippen LogP contribution in [0.5, 0.6) is 5.75 Å². The maximum absolute atomic E-state index is 12.7. The van der Waals surface area contributed by atoms with Gasteiger partial charge in [0.05, 0.1) is 13.1 Å². The maximum Gasteiger partial charge on any atom is 0.226 e. The highest BCUT2D eigenvalue weighted by Gasteiger charge is 2.32. The third-order valence-electron chi connectivity index (χ3n) is 5.49. The monoisotopic (exact) mass is 351 g/mol. The zero-order valence-electron chi connectivity index (χ0n) is 14.4. The van der Waals surface area contributed by atoms with Gasteiger partial charge in [-0.3, -0.25) is 4.79 Å². The van der Waals surface area contributed by atoms with Gasteiger partial charge in [0.1, 0.15) is 12.3 Å². The van der Waals surface area contributed by atoms with Crippen molar-refractivity contribution in [3.05, 3.63) is 28.8 Å². The largest absolute Gasteiger partial charge is 0.507 e. The Balaban J connectivity index is 1.52. The summed E-state index contributed by atoms with van der Waals surface area (Å²) in [5, 5.41) is 10.6. The minimum atomic E-state index is 0.187. The minimum absolute atomic E-state index is 0.187. The number of quaternary nitrogens is 1. The summed E-state index contributed by atoms with van der Waals surface area (Å²) >= 11 is 6.03. The van der Waals surface area contributed by atoms with E-state index in [1.54, 1.807) is 12.1 Å². The van der Waals surface area contributed by atoms with Crippen molar-refractivity contribution in [1.82, 2.24) is 4.90 Å². The van der Waals surface area contributed by atoms with Crippen LogP contribution in [0.3, 0.4) is 0 Å². The van der Waals surface area contributed by atoms with Crippen LogP contribution in [0.1, 0.15) is 38.2 Å². The van der Waals surface area contributed by atoms with E-state index in [4.69, 9.17) is 11.6 Å². The average molecular weight is 352 g/mol. The fraction of sp³-hybridized carbons (Fsp3) is 0.632. The number of halogens is 1. The maximum atomic E-state index is 12.7. The normalized spacial score (nSPS) is 27.9.